The molecule has 0 bridgehead atoms. The predicted octanol–water partition coefficient (Wildman–Crippen LogP) is 2.28. The van der Waals surface area contributed by atoms with Crippen molar-refractivity contribution >= 4 is 64.6 Å². The summed E-state index contributed by atoms with van der Waals surface area (Å²) in [5.74, 6) is -6.89. The molecule has 5 N–H and O–H groups in total. The average Bonchev–Trinajstić information content (AvgIpc) is 3.94. The molecule has 0 spiro atoms. The molecule has 15 nitrogen and oxygen atoms in total. The fraction of sp³-hybridized carbons (Fsp3) is 0.667. The highest BCUT2D eigenvalue weighted by Gasteiger charge is 2.59. The summed E-state index contributed by atoms with van der Waals surface area (Å²) >= 11 is 12.7. The number of hydrogen-bond donors (Lipinski definition) is 5. The molecule has 7 atom stereocenters. The Bertz CT molecular complexity index is 1800. The molecule has 60 heavy (non-hydrogen) atoms. The van der Waals surface area contributed by atoms with Crippen LogP contribution < -0.4 is 21.3 Å². The van der Waals surface area contributed by atoms with Crippen molar-refractivity contribution in [3.05, 3.63) is 33.8 Å². The summed E-state index contributed by atoms with van der Waals surface area (Å²) in [6, 6.07) is -2.16. The maximum atomic E-state index is 14.6. The standard InChI is InChI=1S/C39H53Cl2F4N7O8/c1-20(2)15-26-35(57)51(5)28(17-22-16-23(40)10-11-25(22)41)32(54)47-13-6-7-30(53)46-14-12-27(33(55)48-26)50(4)36(58)31(21-8-9-21)49-34(56)29-18-24(42)19-52(29)37(59)38(3,60)39(43,44)45/h10-11,16,20-21,24,26-29,31,60H,6-9,12-15,17-19H2,1-5H3,(H,46,53)(H,47,54)(H,48,55)(H,49,56)/t24-,26+,27+,28+,29+,31+,38-/m1/s1. The smallest absolute Gasteiger partial charge is 0.373 e. The van der Waals surface area contributed by atoms with E-state index in [2.05, 4.69) is 21.3 Å². The normalized spacial score (nSPS) is 25.5. The minimum atomic E-state index is -5.44. The van der Waals surface area contributed by atoms with Crippen LogP contribution in [0.15, 0.2) is 18.2 Å². The number of nitrogens with one attached hydrogen (secondary N) is 4. The number of hydrogen-bond acceptors (Lipinski definition) is 8. The fourth-order valence-electron chi connectivity index (χ4n) is 7.28. The summed E-state index contributed by atoms with van der Waals surface area (Å²) in [5, 5.41) is 21.3. The third kappa shape index (κ3) is 12.0. The molecule has 0 unspecified atom stereocenters. The number of benzene rings is 1. The van der Waals surface area contributed by atoms with Crippen LogP contribution in [0.1, 0.15) is 71.3 Å². The quantitative estimate of drug-likeness (QED) is 0.221. The van der Waals surface area contributed by atoms with Crippen LogP contribution in [-0.4, -0.2) is 143 Å². The molecule has 1 aliphatic carbocycles. The van der Waals surface area contributed by atoms with Gasteiger partial charge in [-0.15, -0.1) is 0 Å². The van der Waals surface area contributed by atoms with Gasteiger partial charge in [-0.1, -0.05) is 37.0 Å². The van der Waals surface area contributed by atoms with E-state index in [1.54, 1.807) is 18.2 Å². The number of halogens is 6. The third-order valence-corrected chi connectivity index (χ3v) is 11.6. The number of likely N-dealkylation sites (N-methyl/N-ethyl adjacent to an activating group) is 2. The van der Waals surface area contributed by atoms with Crippen LogP contribution in [0.2, 0.25) is 10.0 Å². The van der Waals surface area contributed by atoms with Gasteiger partial charge in [-0.25, -0.2) is 4.39 Å². The molecule has 0 aromatic heterocycles. The molecule has 1 aromatic rings. The predicted molar refractivity (Wildman–Crippen MR) is 211 cm³/mol. The lowest BCUT2D eigenvalue weighted by atomic mass is 9.99. The zero-order chi connectivity index (χ0) is 44.9. The van der Waals surface area contributed by atoms with E-state index in [1.165, 1.54) is 19.0 Å². The topological polar surface area (TPSA) is 198 Å². The van der Waals surface area contributed by atoms with Crippen LogP contribution in [0.4, 0.5) is 17.6 Å². The third-order valence-electron chi connectivity index (χ3n) is 11.0. The lowest BCUT2D eigenvalue weighted by Crippen LogP contribution is -2.61. The van der Waals surface area contributed by atoms with Crippen molar-refractivity contribution in [1.29, 1.82) is 0 Å². The summed E-state index contributed by atoms with van der Waals surface area (Å²) < 4.78 is 55.3. The van der Waals surface area contributed by atoms with Gasteiger partial charge in [0.2, 0.25) is 41.0 Å². The van der Waals surface area contributed by atoms with Crippen molar-refractivity contribution in [1.82, 2.24) is 36.0 Å². The van der Waals surface area contributed by atoms with Gasteiger partial charge in [-0.2, -0.15) is 13.2 Å². The number of rotatable bonds is 10. The Labute approximate surface area is 355 Å². The van der Waals surface area contributed by atoms with Gasteiger partial charge in [0.1, 0.15) is 36.4 Å². The number of nitrogens with zero attached hydrogens (tertiary/aromatic N) is 3. The molecule has 1 aromatic carbocycles. The average molecular weight is 895 g/mol. The molecule has 2 aliphatic heterocycles. The van der Waals surface area contributed by atoms with Crippen molar-refractivity contribution in [3.63, 3.8) is 0 Å². The van der Waals surface area contributed by atoms with E-state index in [0.29, 0.717) is 33.4 Å². The SMILES string of the molecule is CC(C)C[C@@H]1NC(=O)[C@@H](N(C)C(=O)[C@@H](NC(=O)[C@@H]2C[C@@H](F)CN2C(=O)[C@@](C)(O)C(F)(F)F)C2CC2)CCNC(=O)CCCNC(=O)[C@H](Cc2cc(Cl)ccc2Cl)N(C)C1=O. The van der Waals surface area contributed by atoms with E-state index in [-0.39, 0.29) is 58.0 Å². The monoisotopic (exact) mass is 893 g/mol. The van der Waals surface area contributed by atoms with E-state index in [1.807, 2.05) is 13.8 Å². The Morgan fingerprint density at radius 2 is 1.70 bits per heavy atom. The van der Waals surface area contributed by atoms with Crippen molar-refractivity contribution in [2.24, 2.45) is 11.8 Å². The Kier molecular flexibility index (Phi) is 16.2. The van der Waals surface area contributed by atoms with Crippen LogP contribution >= 0.6 is 23.2 Å². The molecule has 21 heteroatoms. The first-order valence-corrected chi connectivity index (χ1v) is 20.6. The van der Waals surface area contributed by atoms with Crippen LogP contribution in [-0.2, 0) is 40.0 Å². The lowest BCUT2D eigenvalue weighted by molar-refractivity contribution is -0.250. The molecule has 0 radical (unpaired) electrons. The molecular formula is C39H53Cl2F4N7O8. The second-order valence-corrected chi connectivity index (χ2v) is 17.1. The molecule has 4 rings (SSSR count). The zero-order valence-corrected chi connectivity index (χ0v) is 35.6. The first-order valence-electron chi connectivity index (χ1n) is 19.8. The Morgan fingerprint density at radius 3 is 2.32 bits per heavy atom. The molecule has 2 saturated heterocycles. The number of alkyl halides is 4. The number of aliphatic hydroxyl groups is 1. The van der Waals surface area contributed by atoms with Gasteiger partial charge in [-0.3, -0.25) is 33.6 Å². The van der Waals surface area contributed by atoms with E-state index in [4.69, 9.17) is 23.2 Å². The Balaban J connectivity index is 1.62. The van der Waals surface area contributed by atoms with Gasteiger partial charge in [0.05, 0.1) is 6.54 Å². The van der Waals surface area contributed by atoms with Gasteiger partial charge in [0, 0.05) is 56.5 Å². The summed E-state index contributed by atoms with van der Waals surface area (Å²) in [7, 11) is 2.68. The molecule has 3 aliphatic rings. The maximum Gasteiger partial charge on any atom is 0.426 e. The summed E-state index contributed by atoms with van der Waals surface area (Å²) in [4.78, 5) is 98.2. The summed E-state index contributed by atoms with van der Waals surface area (Å²) in [6.07, 6.45) is -7.04. The van der Waals surface area contributed by atoms with Crippen LogP contribution in [0.3, 0.4) is 0 Å². The number of amides is 7. The fourth-order valence-corrected chi connectivity index (χ4v) is 7.67. The summed E-state index contributed by atoms with van der Waals surface area (Å²) in [6.45, 7) is 2.91. The van der Waals surface area contributed by atoms with E-state index >= 15 is 0 Å². The van der Waals surface area contributed by atoms with Crippen LogP contribution in [0.25, 0.3) is 0 Å². The van der Waals surface area contributed by atoms with Gasteiger partial charge in [-0.05, 0) is 74.6 Å². The van der Waals surface area contributed by atoms with Crippen molar-refractivity contribution < 1.29 is 56.2 Å². The van der Waals surface area contributed by atoms with E-state index < -0.39 is 108 Å². The lowest BCUT2D eigenvalue weighted by Gasteiger charge is -2.35. The van der Waals surface area contributed by atoms with Gasteiger partial charge >= 0.3 is 6.18 Å². The molecule has 1 saturated carbocycles. The van der Waals surface area contributed by atoms with Crippen molar-refractivity contribution in [2.75, 3.05) is 33.7 Å². The summed E-state index contributed by atoms with van der Waals surface area (Å²) in [5.41, 5.74) is -3.44. The maximum absolute atomic E-state index is 14.6. The minimum absolute atomic E-state index is 0.0173. The molecule has 334 valence electrons. The van der Waals surface area contributed by atoms with Crippen molar-refractivity contribution in [2.45, 2.75) is 120 Å². The molecule has 3 fully saturated rings. The van der Waals surface area contributed by atoms with Crippen molar-refractivity contribution in [3.8, 4) is 0 Å². The van der Waals surface area contributed by atoms with Gasteiger partial charge in [0.15, 0.2) is 0 Å². The molecular weight excluding hydrogens is 841 g/mol. The highest BCUT2D eigenvalue weighted by atomic mass is 35.5. The second-order valence-electron chi connectivity index (χ2n) is 16.3. The highest BCUT2D eigenvalue weighted by Crippen LogP contribution is 2.36. The molecule has 2 heterocycles. The van der Waals surface area contributed by atoms with E-state index in [0.717, 1.165) is 4.90 Å². The first kappa shape index (κ1) is 48.4. The van der Waals surface area contributed by atoms with Gasteiger partial charge in [0.25, 0.3) is 5.91 Å². The highest BCUT2D eigenvalue weighted by molar-refractivity contribution is 6.33. The Morgan fingerprint density at radius 1 is 1.03 bits per heavy atom. The number of likely N-dealkylation sites (tertiary alicyclic amines) is 1. The molecule has 7 amide bonds. The Hall–Kier alpha value is -4.23. The number of carbonyl (C=O) groups excluding carboxylic acids is 7. The van der Waals surface area contributed by atoms with Crippen LogP contribution in [0, 0.1) is 11.8 Å². The second kappa shape index (κ2) is 20.1. The largest absolute Gasteiger partial charge is 0.426 e. The number of carbonyl (C=O) groups is 7. The van der Waals surface area contributed by atoms with Crippen LogP contribution in [0.5, 0.6) is 0 Å². The first-order chi connectivity index (χ1) is 27.9. The minimum Gasteiger partial charge on any atom is -0.373 e. The zero-order valence-electron chi connectivity index (χ0n) is 34.0. The van der Waals surface area contributed by atoms with Gasteiger partial charge < -0.3 is 41.1 Å². The van der Waals surface area contributed by atoms with E-state index in [9.17, 15) is 56.2 Å².